The molecule has 2 heteroatoms. The van der Waals surface area contributed by atoms with Crippen molar-refractivity contribution in [2.75, 3.05) is 6.54 Å². The predicted octanol–water partition coefficient (Wildman–Crippen LogP) is 0.00980. The van der Waals surface area contributed by atoms with Crippen molar-refractivity contribution in [3.63, 3.8) is 0 Å². The van der Waals surface area contributed by atoms with E-state index in [9.17, 15) is 0 Å². The minimum Gasteiger partial charge on any atom is -1.00 e. The highest BCUT2D eigenvalue weighted by molar-refractivity contribution is 5.76. The van der Waals surface area contributed by atoms with Crippen LogP contribution in [0, 0.1) is 0 Å². The first-order valence-corrected chi connectivity index (χ1v) is 5.68. The van der Waals surface area contributed by atoms with Crippen LogP contribution >= 0.6 is 0 Å². The lowest BCUT2D eigenvalue weighted by Crippen LogP contribution is -3.00. The van der Waals surface area contributed by atoms with Crippen molar-refractivity contribution in [2.24, 2.45) is 0 Å². The largest absolute Gasteiger partial charge is 1.00 e. The molecule has 1 aliphatic heterocycles. The first-order valence-electron chi connectivity index (χ1n) is 5.68. The highest BCUT2D eigenvalue weighted by Crippen LogP contribution is 2.25. The number of hydrogen-bond donors (Lipinski definition) is 0. The molecule has 2 aromatic rings. The smallest absolute Gasteiger partial charge is 0.208 e. The van der Waals surface area contributed by atoms with Crippen molar-refractivity contribution in [2.45, 2.75) is 6.42 Å². The number of halogens is 1. The summed E-state index contributed by atoms with van der Waals surface area (Å²) in [4.78, 5) is 0. The fourth-order valence-electron chi connectivity index (χ4n) is 2.22. The molecule has 0 spiro atoms. The normalized spacial score (nSPS) is 15.4. The molecule has 0 fully saturated rings. The van der Waals surface area contributed by atoms with Crippen molar-refractivity contribution in [1.29, 1.82) is 0 Å². The van der Waals surface area contributed by atoms with Gasteiger partial charge in [0, 0.05) is 23.6 Å². The van der Waals surface area contributed by atoms with Crippen LogP contribution in [0.25, 0.3) is 0 Å². The van der Waals surface area contributed by atoms with Gasteiger partial charge in [0.1, 0.15) is 0 Å². The summed E-state index contributed by atoms with van der Waals surface area (Å²) in [6.07, 6.45) is 3.38. The van der Waals surface area contributed by atoms with E-state index in [-0.39, 0.29) is 17.0 Å². The number of benzene rings is 2. The van der Waals surface area contributed by atoms with Gasteiger partial charge in [-0.3, -0.25) is 0 Å². The summed E-state index contributed by atoms with van der Waals surface area (Å²) in [7, 11) is 0. The van der Waals surface area contributed by atoms with Gasteiger partial charge in [0.05, 0.1) is 0 Å². The highest BCUT2D eigenvalue weighted by Gasteiger charge is 2.21. The lowest BCUT2D eigenvalue weighted by molar-refractivity contribution is -0.423. The Morgan fingerprint density at radius 2 is 1.59 bits per heavy atom. The van der Waals surface area contributed by atoms with Gasteiger partial charge in [-0.15, -0.1) is 0 Å². The fraction of sp³-hybridized carbons (Fsp3) is 0.133. The zero-order valence-corrected chi connectivity index (χ0v) is 11.1. The van der Waals surface area contributed by atoms with Crippen LogP contribution in [-0.4, -0.2) is 17.3 Å². The predicted molar refractivity (Wildman–Crippen MR) is 66.5 cm³/mol. The Morgan fingerprint density at radius 3 is 2.41 bits per heavy atom. The average Bonchev–Trinajstić information content (AvgIpc) is 2.74. The lowest BCUT2D eigenvalue weighted by atomic mass is 10.2. The zero-order valence-electron chi connectivity index (χ0n) is 9.51. The van der Waals surface area contributed by atoms with E-state index >= 15 is 0 Å². The van der Waals surface area contributed by atoms with Gasteiger partial charge in [0.2, 0.25) is 5.69 Å². The molecule has 0 aromatic heterocycles. The maximum Gasteiger partial charge on any atom is 0.208 e. The molecule has 3 rings (SSSR count). The van der Waals surface area contributed by atoms with Gasteiger partial charge in [0.25, 0.3) is 0 Å². The molecule has 0 unspecified atom stereocenters. The van der Waals surface area contributed by atoms with Gasteiger partial charge in [-0.1, -0.05) is 36.4 Å². The van der Waals surface area contributed by atoms with E-state index in [0.29, 0.717) is 0 Å². The number of nitrogens with zero attached hydrogens (tertiary/aromatic N) is 1. The van der Waals surface area contributed by atoms with E-state index in [1.54, 1.807) is 0 Å². The third-order valence-electron chi connectivity index (χ3n) is 3.03. The summed E-state index contributed by atoms with van der Waals surface area (Å²) in [5, 5.41) is 0. The van der Waals surface area contributed by atoms with E-state index < -0.39 is 0 Å². The fourth-order valence-corrected chi connectivity index (χ4v) is 2.22. The first-order chi connectivity index (χ1) is 7.93. The second-order valence-electron chi connectivity index (χ2n) is 4.11. The molecule has 0 atom stereocenters. The molecule has 0 amide bonds. The molecule has 1 nitrogen and oxygen atoms in total. The molecule has 0 saturated carbocycles. The Balaban J connectivity index is 0.00000108. The van der Waals surface area contributed by atoms with E-state index in [0.717, 1.165) is 13.0 Å². The number of hydrogen-bond acceptors (Lipinski definition) is 0. The van der Waals surface area contributed by atoms with Crippen molar-refractivity contribution in [3.8, 4) is 0 Å². The average molecular weight is 288 g/mol. The summed E-state index contributed by atoms with van der Waals surface area (Å²) < 4.78 is 2.34. The van der Waals surface area contributed by atoms with Gasteiger partial charge in [-0.2, -0.15) is 4.58 Å². The molecule has 0 radical (unpaired) electrons. The molecule has 86 valence electrons. The summed E-state index contributed by atoms with van der Waals surface area (Å²) in [6.45, 7) is 1.09. The number of para-hydroxylation sites is 1. The maximum absolute atomic E-state index is 2.34. The molecule has 0 N–H and O–H groups in total. The van der Waals surface area contributed by atoms with Crippen LogP contribution in [0.4, 0.5) is 5.69 Å². The maximum atomic E-state index is 2.34. The SMILES string of the molecule is C(c1ccccc1)=[N+]1CCc2ccccc21.[Br-]. The van der Waals surface area contributed by atoms with Crippen molar-refractivity contribution in [3.05, 3.63) is 65.7 Å². The minimum atomic E-state index is 0. The van der Waals surface area contributed by atoms with E-state index in [2.05, 4.69) is 65.4 Å². The number of rotatable bonds is 1. The third kappa shape index (κ3) is 2.47. The van der Waals surface area contributed by atoms with Gasteiger partial charge < -0.3 is 17.0 Å². The second kappa shape index (κ2) is 5.28. The summed E-state index contributed by atoms with van der Waals surface area (Å²) >= 11 is 0. The Kier molecular flexibility index (Phi) is 3.75. The van der Waals surface area contributed by atoms with Gasteiger partial charge in [-0.25, -0.2) is 0 Å². The molecule has 1 aliphatic rings. The number of fused-ring (bicyclic) bond motifs is 1. The molecule has 0 saturated heterocycles. The zero-order chi connectivity index (χ0) is 10.8. The monoisotopic (exact) mass is 287 g/mol. The Bertz CT molecular complexity index is 532. The van der Waals surface area contributed by atoms with Crippen LogP contribution in [0.3, 0.4) is 0 Å². The van der Waals surface area contributed by atoms with Gasteiger partial charge >= 0.3 is 0 Å². The van der Waals surface area contributed by atoms with Crippen LogP contribution in [-0.2, 0) is 6.42 Å². The van der Waals surface area contributed by atoms with E-state index in [4.69, 9.17) is 0 Å². The first kappa shape index (κ1) is 12.1. The van der Waals surface area contributed by atoms with Gasteiger partial charge in [-0.05, 0) is 12.1 Å². The molecular formula is C15H14BrN. The van der Waals surface area contributed by atoms with E-state index in [1.807, 2.05) is 0 Å². The quantitative estimate of drug-likeness (QED) is 0.650. The van der Waals surface area contributed by atoms with Crippen LogP contribution in [0.15, 0.2) is 54.6 Å². The van der Waals surface area contributed by atoms with Crippen LogP contribution in [0.5, 0.6) is 0 Å². The molecule has 0 aliphatic carbocycles. The molecule has 2 aromatic carbocycles. The van der Waals surface area contributed by atoms with Crippen molar-refractivity contribution in [1.82, 2.24) is 0 Å². The molecule has 17 heavy (non-hydrogen) atoms. The Morgan fingerprint density at radius 1 is 0.882 bits per heavy atom. The molecule has 0 bridgehead atoms. The molecule has 1 heterocycles. The Hall–Kier alpha value is -1.41. The summed E-state index contributed by atoms with van der Waals surface area (Å²) in [5.41, 5.74) is 4.07. The van der Waals surface area contributed by atoms with Gasteiger partial charge in [0.15, 0.2) is 12.8 Å². The van der Waals surface area contributed by atoms with Crippen LogP contribution in [0.2, 0.25) is 0 Å². The van der Waals surface area contributed by atoms with E-state index in [1.165, 1.54) is 16.8 Å². The second-order valence-corrected chi connectivity index (χ2v) is 4.11. The van der Waals surface area contributed by atoms with Crippen molar-refractivity contribution < 1.29 is 21.6 Å². The standard InChI is InChI=1S/C15H14N.BrH/c1-2-6-13(7-3-1)12-16-11-10-14-8-4-5-9-15(14)16;/h1-9,12H,10-11H2;1H/q+1;/p-1. The van der Waals surface area contributed by atoms with Crippen molar-refractivity contribution >= 4 is 11.9 Å². The van der Waals surface area contributed by atoms with Crippen LogP contribution in [0.1, 0.15) is 11.1 Å². The molecular weight excluding hydrogens is 274 g/mol. The topological polar surface area (TPSA) is 3.01 Å². The highest BCUT2D eigenvalue weighted by atomic mass is 79.9. The summed E-state index contributed by atoms with van der Waals surface area (Å²) in [5.74, 6) is 0. The third-order valence-corrected chi connectivity index (χ3v) is 3.03. The summed E-state index contributed by atoms with van der Waals surface area (Å²) in [6, 6.07) is 19.1. The lowest BCUT2D eigenvalue weighted by Gasteiger charge is -1.95. The Labute approximate surface area is 112 Å². The van der Waals surface area contributed by atoms with Crippen LogP contribution < -0.4 is 17.0 Å². The minimum absolute atomic E-state index is 0.